The number of hydrogen-bond donors (Lipinski definition) is 2. The van der Waals surface area contributed by atoms with Crippen LogP contribution in [0.15, 0.2) is 106 Å². The Kier molecular flexibility index (Phi) is 7.94. The molecule has 4 aromatic carbocycles. The fraction of sp³-hybridized carbons (Fsp3) is 0.129. The molecule has 1 aromatic heterocycles. The number of ether oxygens (including phenoxy) is 1. The number of hydrogen-bond acceptors (Lipinski definition) is 6. The van der Waals surface area contributed by atoms with E-state index >= 15 is 0 Å². The number of thioether (sulfide) groups is 1. The van der Waals surface area contributed by atoms with Crippen LogP contribution < -0.4 is 15.4 Å². The van der Waals surface area contributed by atoms with Crippen molar-refractivity contribution in [2.24, 2.45) is 0 Å². The van der Waals surface area contributed by atoms with Crippen molar-refractivity contribution >= 4 is 46.1 Å². The second-order valence-electron chi connectivity index (χ2n) is 8.78. The molecule has 0 aliphatic heterocycles. The Morgan fingerprint density at radius 3 is 2.46 bits per heavy atom. The number of benzene rings is 4. The van der Waals surface area contributed by atoms with Gasteiger partial charge in [-0.25, -0.2) is 4.98 Å². The van der Waals surface area contributed by atoms with Gasteiger partial charge in [0.15, 0.2) is 5.58 Å². The minimum atomic E-state index is -0.314. The molecule has 0 fully saturated rings. The summed E-state index contributed by atoms with van der Waals surface area (Å²) >= 11 is 1.45. The fourth-order valence-electron chi connectivity index (χ4n) is 4.02. The number of amides is 2. The summed E-state index contributed by atoms with van der Waals surface area (Å²) in [7, 11) is 1.56. The summed E-state index contributed by atoms with van der Waals surface area (Å²) < 4.78 is 11.0. The van der Waals surface area contributed by atoms with Crippen molar-refractivity contribution in [2.75, 3.05) is 17.7 Å². The zero-order valence-corrected chi connectivity index (χ0v) is 22.3. The van der Waals surface area contributed by atoms with Crippen LogP contribution in [0.2, 0.25) is 0 Å². The number of fused-ring (bicyclic) bond motifs is 1. The highest BCUT2D eigenvalue weighted by atomic mass is 32.2. The van der Waals surface area contributed by atoms with Gasteiger partial charge in [-0.2, -0.15) is 0 Å². The maximum absolute atomic E-state index is 13.1. The number of nitrogens with zero attached hydrogens (tertiary/aromatic N) is 1. The van der Waals surface area contributed by atoms with Gasteiger partial charge in [-0.1, -0.05) is 31.2 Å². The summed E-state index contributed by atoms with van der Waals surface area (Å²) in [5.41, 5.74) is 4.21. The Labute approximate surface area is 230 Å². The highest BCUT2D eigenvalue weighted by molar-refractivity contribution is 8.00. The lowest BCUT2D eigenvalue weighted by Gasteiger charge is -2.16. The van der Waals surface area contributed by atoms with E-state index in [1.165, 1.54) is 11.8 Å². The molecule has 0 aliphatic carbocycles. The lowest BCUT2D eigenvalue weighted by molar-refractivity contribution is -0.115. The number of nitrogens with one attached hydrogen (secondary N) is 2. The van der Waals surface area contributed by atoms with Crippen molar-refractivity contribution in [2.45, 2.75) is 23.5 Å². The number of para-hydroxylation sites is 2. The summed E-state index contributed by atoms with van der Waals surface area (Å²) in [4.78, 5) is 31.2. The Hall–Kier alpha value is -4.56. The van der Waals surface area contributed by atoms with E-state index < -0.39 is 0 Å². The molecule has 7 nitrogen and oxygen atoms in total. The van der Waals surface area contributed by atoms with E-state index in [4.69, 9.17) is 9.15 Å². The molecule has 0 spiro atoms. The maximum Gasteiger partial charge on any atom is 0.255 e. The number of rotatable bonds is 9. The predicted octanol–water partition coefficient (Wildman–Crippen LogP) is 7.27. The van der Waals surface area contributed by atoms with Crippen molar-refractivity contribution in [3.8, 4) is 17.2 Å². The van der Waals surface area contributed by atoms with E-state index in [0.29, 0.717) is 35.0 Å². The minimum absolute atomic E-state index is 0.0945. The highest BCUT2D eigenvalue weighted by Crippen LogP contribution is 2.30. The third-order valence-corrected chi connectivity index (χ3v) is 7.42. The van der Waals surface area contributed by atoms with Gasteiger partial charge in [0.25, 0.3) is 5.91 Å². The van der Waals surface area contributed by atoms with Crippen molar-refractivity contribution in [3.63, 3.8) is 0 Å². The highest BCUT2D eigenvalue weighted by Gasteiger charge is 2.19. The Morgan fingerprint density at radius 2 is 1.69 bits per heavy atom. The van der Waals surface area contributed by atoms with Gasteiger partial charge in [-0.15, -0.1) is 11.8 Å². The fourth-order valence-corrected chi connectivity index (χ4v) is 5.03. The molecule has 2 N–H and O–H groups in total. The second kappa shape index (κ2) is 11.9. The number of carbonyl (C=O) groups excluding carboxylic acids is 2. The molecule has 39 heavy (non-hydrogen) atoms. The normalized spacial score (nSPS) is 11.6. The molecule has 0 saturated heterocycles. The lowest BCUT2D eigenvalue weighted by Crippen LogP contribution is -2.24. The quantitative estimate of drug-likeness (QED) is 0.192. The van der Waals surface area contributed by atoms with Gasteiger partial charge in [0.1, 0.15) is 11.3 Å². The van der Waals surface area contributed by atoms with Crippen molar-refractivity contribution in [3.05, 3.63) is 103 Å². The predicted molar refractivity (Wildman–Crippen MR) is 155 cm³/mol. The summed E-state index contributed by atoms with van der Waals surface area (Å²) in [6.07, 6.45) is 0.637. The number of carbonyl (C=O) groups is 2. The number of anilines is 2. The molecule has 196 valence electrons. The Bertz CT molecular complexity index is 1580. The first-order valence-corrected chi connectivity index (χ1v) is 13.4. The van der Waals surface area contributed by atoms with Gasteiger partial charge in [-0.05, 0) is 79.2 Å². The largest absolute Gasteiger partial charge is 0.497 e. The van der Waals surface area contributed by atoms with E-state index in [1.54, 1.807) is 31.4 Å². The molecule has 1 unspecified atom stereocenters. The molecule has 2 amide bonds. The van der Waals surface area contributed by atoms with Gasteiger partial charge < -0.3 is 19.8 Å². The van der Waals surface area contributed by atoms with Crippen molar-refractivity contribution < 1.29 is 18.7 Å². The summed E-state index contributed by atoms with van der Waals surface area (Å²) in [6.45, 7) is 1.97. The van der Waals surface area contributed by atoms with Gasteiger partial charge in [0, 0.05) is 27.4 Å². The monoisotopic (exact) mass is 537 g/mol. The zero-order valence-electron chi connectivity index (χ0n) is 21.5. The van der Waals surface area contributed by atoms with Gasteiger partial charge in [-0.3, -0.25) is 9.59 Å². The standard InChI is InChI=1S/C31H27N3O4S/c1-3-28(39-25-11-7-9-23(19-25)33-29(35)21-8-6-10-24(18-21)37-2)30(36)32-22-16-14-20(15-17-22)31-34-26-12-4-5-13-27(26)38-31/h4-19,28H,3H2,1-2H3,(H,32,36)(H,33,35). The summed E-state index contributed by atoms with van der Waals surface area (Å²) in [5.74, 6) is 0.823. The zero-order chi connectivity index (χ0) is 27.2. The first-order valence-electron chi connectivity index (χ1n) is 12.5. The lowest BCUT2D eigenvalue weighted by atomic mass is 10.2. The van der Waals surface area contributed by atoms with Crippen LogP contribution in [0.25, 0.3) is 22.6 Å². The van der Waals surface area contributed by atoms with Crippen molar-refractivity contribution in [1.29, 1.82) is 0 Å². The Morgan fingerprint density at radius 1 is 0.897 bits per heavy atom. The minimum Gasteiger partial charge on any atom is -0.497 e. The van der Waals surface area contributed by atoms with Crippen LogP contribution in [-0.4, -0.2) is 29.2 Å². The van der Waals surface area contributed by atoms with Gasteiger partial charge >= 0.3 is 0 Å². The molecular weight excluding hydrogens is 510 g/mol. The van der Waals surface area contributed by atoms with Gasteiger partial charge in [0.2, 0.25) is 11.8 Å². The summed E-state index contributed by atoms with van der Waals surface area (Å²) in [5, 5.41) is 5.61. The molecule has 0 bridgehead atoms. The number of methoxy groups -OCH3 is 1. The van der Waals surface area contributed by atoms with Crippen LogP contribution >= 0.6 is 11.8 Å². The topological polar surface area (TPSA) is 93.5 Å². The smallest absolute Gasteiger partial charge is 0.255 e. The van der Waals surface area contributed by atoms with Crippen LogP contribution in [0, 0.1) is 0 Å². The van der Waals surface area contributed by atoms with E-state index in [9.17, 15) is 9.59 Å². The van der Waals surface area contributed by atoms with Crippen LogP contribution in [0.4, 0.5) is 11.4 Å². The first kappa shape index (κ1) is 26.1. The Balaban J connectivity index is 1.22. The molecule has 1 atom stereocenters. The van der Waals surface area contributed by atoms with E-state index in [0.717, 1.165) is 21.6 Å². The van der Waals surface area contributed by atoms with Crippen LogP contribution in [0.3, 0.4) is 0 Å². The number of aromatic nitrogens is 1. The average Bonchev–Trinajstić information content (AvgIpc) is 3.41. The van der Waals surface area contributed by atoms with Crippen LogP contribution in [0.1, 0.15) is 23.7 Å². The molecule has 0 saturated carbocycles. The second-order valence-corrected chi connectivity index (χ2v) is 10.1. The van der Waals surface area contributed by atoms with Gasteiger partial charge in [0.05, 0.1) is 12.4 Å². The molecule has 5 rings (SSSR count). The summed E-state index contributed by atoms with van der Waals surface area (Å²) in [6, 6.07) is 29.5. The van der Waals surface area contributed by atoms with Crippen molar-refractivity contribution in [1.82, 2.24) is 4.98 Å². The maximum atomic E-state index is 13.1. The third-order valence-electron chi connectivity index (χ3n) is 6.06. The molecule has 5 aromatic rings. The molecular formula is C31H27N3O4S. The van der Waals surface area contributed by atoms with Crippen LogP contribution in [0.5, 0.6) is 5.75 Å². The first-order chi connectivity index (χ1) is 19.0. The average molecular weight is 538 g/mol. The third kappa shape index (κ3) is 6.30. The molecule has 1 heterocycles. The number of oxazole rings is 1. The molecule has 8 heteroatoms. The van der Waals surface area contributed by atoms with Crippen LogP contribution in [-0.2, 0) is 4.79 Å². The molecule has 0 radical (unpaired) electrons. The SMILES string of the molecule is CCC(Sc1cccc(NC(=O)c2cccc(OC)c2)c1)C(=O)Nc1ccc(-c2nc3ccccc3o2)cc1. The molecule has 0 aliphatic rings. The van der Waals surface area contributed by atoms with E-state index in [2.05, 4.69) is 15.6 Å². The van der Waals surface area contributed by atoms with E-state index in [1.807, 2.05) is 79.7 Å². The van der Waals surface area contributed by atoms with E-state index in [-0.39, 0.29) is 17.1 Å².